The molecule has 1 aromatic rings. The van der Waals surface area contributed by atoms with Crippen molar-refractivity contribution in [3.8, 4) is 0 Å². The van der Waals surface area contributed by atoms with Crippen molar-refractivity contribution in [2.75, 3.05) is 24.5 Å². The standard InChI is InChI=1S/C17H22Cl2N2O2/c1-16(2,3)23-15(22)21-10-9-20(11-17(21)7-8-17)13-6-4-5-12(18)14(13)19/h4-6H,7-11H2,1-3H3. The number of carbonyl (C=O) groups is 1. The molecule has 2 aliphatic rings. The number of benzene rings is 1. The average Bonchev–Trinajstić information content (AvgIpc) is 3.19. The molecule has 1 heterocycles. The van der Waals surface area contributed by atoms with Gasteiger partial charge in [-0.3, -0.25) is 4.90 Å². The Morgan fingerprint density at radius 2 is 1.91 bits per heavy atom. The summed E-state index contributed by atoms with van der Waals surface area (Å²) in [7, 11) is 0. The van der Waals surface area contributed by atoms with Gasteiger partial charge in [0, 0.05) is 19.6 Å². The van der Waals surface area contributed by atoms with Crippen LogP contribution in [0, 0.1) is 0 Å². The fraction of sp³-hybridized carbons (Fsp3) is 0.588. The second-order valence-corrected chi connectivity index (χ2v) is 8.14. The van der Waals surface area contributed by atoms with E-state index in [4.69, 9.17) is 27.9 Å². The second kappa shape index (κ2) is 5.75. The minimum atomic E-state index is -0.472. The first kappa shape index (κ1) is 16.7. The molecule has 126 valence electrons. The summed E-state index contributed by atoms with van der Waals surface area (Å²) >= 11 is 12.5. The minimum Gasteiger partial charge on any atom is -0.444 e. The van der Waals surface area contributed by atoms with Gasteiger partial charge in [-0.25, -0.2) is 4.79 Å². The maximum absolute atomic E-state index is 12.5. The molecule has 1 aliphatic heterocycles. The summed E-state index contributed by atoms with van der Waals surface area (Å²) in [5.74, 6) is 0. The van der Waals surface area contributed by atoms with Gasteiger partial charge in [-0.2, -0.15) is 0 Å². The predicted molar refractivity (Wildman–Crippen MR) is 93.6 cm³/mol. The van der Waals surface area contributed by atoms with Gasteiger partial charge in [0.15, 0.2) is 0 Å². The molecule has 6 heteroatoms. The van der Waals surface area contributed by atoms with Crippen molar-refractivity contribution in [1.82, 2.24) is 4.90 Å². The molecule has 1 saturated carbocycles. The van der Waals surface area contributed by atoms with E-state index in [2.05, 4.69) is 4.90 Å². The molecule has 1 spiro atoms. The number of rotatable bonds is 1. The van der Waals surface area contributed by atoms with Crippen molar-refractivity contribution in [3.63, 3.8) is 0 Å². The number of nitrogens with zero attached hydrogens (tertiary/aromatic N) is 2. The molecule has 23 heavy (non-hydrogen) atoms. The maximum atomic E-state index is 12.5. The molecule has 0 unspecified atom stereocenters. The first-order valence-electron chi connectivity index (χ1n) is 7.91. The Morgan fingerprint density at radius 3 is 2.52 bits per heavy atom. The molecule has 1 aliphatic carbocycles. The summed E-state index contributed by atoms with van der Waals surface area (Å²) in [6.45, 7) is 7.82. The van der Waals surface area contributed by atoms with Gasteiger partial charge in [0.05, 0.1) is 21.3 Å². The van der Waals surface area contributed by atoms with Crippen molar-refractivity contribution < 1.29 is 9.53 Å². The highest BCUT2D eigenvalue weighted by atomic mass is 35.5. The maximum Gasteiger partial charge on any atom is 0.410 e. The van der Waals surface area contributed by atoms with Gasteiger partial charge in [-0.1, -0.05) is 29.3 Å². The van der Waals surface area contributed by atoms with Crippen molar-refractivity contribution in [1.29, 1.82) is 0 Å². The van der Waals surface area contributed by atoms with Gasteiger partial charge in [-0.15, -0.1) is 0 Å². The van der Waals surface area contributed by atoms with E-state index in [-0.39, 0.29) is 11.6 Å². The van der Waals surface area contributed by atoms with Gasteiger partial charge in [0.1, 0.15) is 5.60 Å². The predicted octanol–water partition coefficient (Wildman–Crippen LogP) is 4.58. The number of halogens is 2. The van der Waals surface area contributed by atoms with Crippen molar-refractivity contribution >= 4 is 35.0 Å². The highest BCUT2D eigenvalue weighted by molar-refractivity contribution is 6.43. The summed E-state index contributed by atoms with van der Waals surface area (Å²) in [4.78, 5) is 16.6. The van der Waals surface area contributed by atoms with E-state index in [0.717, 1.165) is 31.6 Å². The van der Waals surface area contributed by atoms with E-state index in [1.165, 1.54) is 0 Å². The molecule has 1 aromatic carbocycles. The van der Waals surface area contributed by atoms with Gasteiger partial charge >= 0.3 is 6.09 Å². The Kier molecular flexibility index (Phi) is 4.18. The van der Waals surface area contributed by atoms with Gasteiger partial charge in [-0.05, 0) is 45.7 Å². The number of hydrogen-bond donors (Lipinski definition) is 0. The number of hydrogen-bond acceptors (Lipinski definition) is 3. The lowest BCUT2D eigenvalue weighted by atomic mass is 10.1. The lowest BCUT2D eigenvalue weighted by molar-refractivity contribution is 0.0106. The average molecular weight is 357 g/mol. The van der Waals surface area contributed by atoms with E-state index in [1.807, 2.05) is 37.8 Å². The zero-order valence-electron chi connectivity index (χ0n) is 13.7. The molecular weight excluding hydrogens is 335 g/mol. The molecule has 0 radical (unpaired) electrons. The van der Waals surface area contributed by atoms with Gasteiger partial charge < -0.3 is 9.64 Å². The Morgan fingerprint density at radius 1 is 1.22 bits per heavy atom. The third-order valence-electron chi connectivity index (χ3n) is 4.36. The van der Waals surface area contributed by atoms with E-state index in [9.17, 15) is 4.79 Å². The van der Waals surface area contributed by atoms with Crippen LogP contribution in [0.25, 0.3) is 0 Å². The Balaban J connectivity index is 1.76. The van der Waals surface area contributed by atoms with Crippen LogP contribution in [0.2, 0.25) is 10.0 Å². The summed E-state index contributed by atoms with van der Waals surface area (Å²) < 4.78 is 5.56. The quantitative estimate of drug-likeness (QED) is 0.737. The van der Waals surface area contributed by atoms with Crippen LogP contribution in [0.1, 0.15) is 33.6 Å². The first-order chi connectivity index (χ1) is 10.7. The molecule has 0 atom stereocenters. The molecule has 1 amide bonds. The van der Waals surface area contributed by atoms with E-state index in [1.54, 1.807) is 6.07 Å². The van der Waals surface area contributed by atoms with Crippen molar-refractivity contribution in [2.24, 2.45) is 0 Å². The molecule has 0 bridgehead atoms. The van der Waals surface area contributed by atoms with Gasteiger partial charge in [0.25, 0.3) is 0 Å². The molecule has 1 saturated heterocycles. The zero-order valence-corrected chi connectivity index (χ0v) is 15.2. The topological polar surface area (TPSA) is 32.8 Å². The lowest BCUT2D eigenvalue weighted by Crippen LogP contribution is -2.58. The number of ether oxygens (including phenoxy) is 1. The summed E-state index contributed by atoms with van der Waals surface area (Å²) in [5, 5.41) is 1.14. The fourth-order valence-corrected chi connectivity index (χ4v) is 3.51. The SMILES string of the molecule is CC(C)(C)OC(=O)N1CCN(c2cccc(Cl)c2Cl)CC12CC2. The number of carbonyl (C=O) groups excluding carboxylic acids is 1. The Labute approximate surface area is 147 Å². The van der Waals surface area contributed by atoms with Crippen LogP contribution in [0.5, 0.6) is 0 Å². The van der Waals surface area contributed by atoms with E-state index in [0.29, 0.717) is 16.6 Å². The van der Waals surface area contributed by atoms with Crippen molar-refractivity contribution in [3.05, 3.63) is 28.2 Å². The number of piperazine rings is 1. The molecule has 4 nitrogen and oxygen atoms in total. The Bertz CT molecular complexity index is 624. The summed E-state index contributed by atoms with van der Waals surface area (Å²) in [6.07, 6.45) is 1.79. The normalized spacial score (nSPS) is 19.9. The molecule has 0 N–H and O–H groups in total. The third-order valence-corrected chi connectivity index (χ3v) is 5.17. The van der Waals surface area contributed by atoms with E-state index < -0.39 is 5.60 Å². The number of amides is 1. The number of anilines is 1. The van der Waals surface area contributed by atoms with Crippen LogP contribution < -0.4 is 4.90 Å². The minimum absolute atomic E-state index is 0.119. The van der Waals surface area contributed by atoms with Crippen LogP contribution in [-0.4, -0.2) is 41.8 Å². The fourth-order valence-electron chi connectivity index (χ4n) is 3.09. The summed E-state index contributed by atoms with van der Waals surface area (Å²) in [5.41, 5.74) is 0.349. The van der Waals surface area contributed by atoms with Crippen LogP contribution in [0.3, 0.4) is 0 Å². The van der Waals surface area contributed by atoms with Gasteiger partial charge in [0.2, 0.25) is 0 Å². The largest absolute Gasteiger partial charge is 0.444 e. The van der Waals surface area contributed by atoms with E-state index >= 15 is 0 Å². The molecule has 0 aromatic heterocycles. The highest BCUT2D eigenvalue weighted by Crippen LogP contribution is 2.46. The monoisotopic (exact) mass is 356 g/mol. The van der Waals surface area contributed by atoms with Crippen molar-refractivity contribution in [2.45, 2.75) is 44.8 Å². The highest BCUT2D eigenvalue weighted by Gasteiger charge is 2.54. The lowest BCUT2D eigenvalue weighted by Gasteiger charge is -2.43. The van der Waals surface area contributed by atoms with Crippen LogP contribution >= 0.6 is 23.2 Å². The van der Waals surface area contributed by atoms with Crippen LogP contribution in [0.15, 0.2) is 18.2 Å². The Hall–Kier alpha value is -1.13. The molecule has 3 rings (SSSR count). The second-order valence-electron chi connectivity index (χ2n) is 7.35. The smallest absolute Gasteiger partial charge is 0.410 e. The third kappa shape index (κ3) is 3.38. The summed E-state index contributed by atoms with van der Waals surface area (Å²) in [6, 6.07) is 5.67. The molecular formula is C17H22Cl2N2O2. The zero-order chi connectivity index (χ0) is 16.8. The van der Waals surface area contributed by atoms with Crippen LogP contribution in [0.4, 0.5) is 10.5 Å². The first-order valence-corrected chi connectivity index (χ1v) is 8.67. The van der Waals surface area contributed by atoms with Crippen LogP contribution in [-0.2, 0) is 4.74 Å². The molecule has 2 fully saturated rings.